The second-order valence-electron chi connectivity index (χ2n) is 22.0. The summed E-state index contributed by atoms with van der Waals surface area (Å²) in [5, 5.41) is 10.1. The van der Waals surface area contributed by atoms with Crippen molar-refractivity contribution >= 4 is 89.5 Å². The van der Waals surface area contributed by atoms with Crippen molar-refractivity contribution in [2.75, 3.05) is 0 Å². The zero-order valence-corrected chi connectivity index (χ0v) is 43.8. The number of aromatic nitrogens is 2. The van der Waals surface area contributed by atoms with Gasteiger partial charge in [0.05, 0.1) is 22.1 Å². The van der Waals surface area contributed by atoms with Gasteiger partial charge in [0.1, 0.15) is 0 Å². The van der Waals surface area contributed by atoms with Crippen LogP contribution >= 0.6 is 0 Å². The Hall–Kier alpha value is -9.76. The summed E-state index contributed by atoms with van der Waals surface area (Å²) in [5.74, 6) is 0. The van der Waals surface area contributed by atoms with Gasteiger partial charge in [-0.25, -0.2) is 0 Å². The molecule has 2 nitrogen and oxygen atoms in total. The van der Waals surface area contributed by atoms with Gasteiger partial charge < -0.3 is 9.13 Å². The average molecular weight is 1010 g/mol. The maximum absolute atomic E-state index is 2.49. The summed E-state index contributed by atoms with van der Waals surface area (Å²) < 4.78 is 4.82. The molecule has 372 valence electrons. The van der Waals surface area contributed by atoms with E-state index in [9.17, 15) is 0 Å². The Morgan fingerprint density at radius 2 is 0.658 bits per heavy atom. The molecule has 2 heterocycles. The summed E-state index contributed by atoms with van der Waals surface area (Å²) >= 11 is 0. The van der Waals surface area contributed by atoms with Gasteiger partial charge in [-0.2, -0.15) is 0 Å². The molecule has 79 heavy (non-hydrogen) atoms. The van der Waals surface area contributed by atoms with Crippen LogP contribution in [0.15, 0.2) is 255 Å². The van der Waals surface area contributed by atoms with E-state index < -0.39 is 0 Å². The van der Waals surface area contributed by atoms with Gasteiger partial charge in [-0.1, -0.05) is 231 Å². The van der Waals surface area contributed by atoms with Gasteiger partial charge >= 0.3 is 0 Å². The highest BCUT2D eigenvalue weighted by molar-refractivity contribution is 6.12. The second-order valence-corrected chi connectivity index (χ2v) is 22.0. The SMILES string of the molecule is C(=Cc1ccc2c(c1)C1(CCCC1)c1cc(C=Cc3ccc(-c4ccc5c(c4)c4ccccc4n5-c4ccc5ccccc5c4)cc3)ccc1-2)c1ccc(-c2ccc3c(c2)c2ccccc2n3-c2ccc3ccccc3c2)cc1. The fourth-order valence-corrected chi connectivity index (χ4v) is 13.7. The lowest BCUT2D eigenvalue weighted by Crippen LogP contribution is -2.20. The molecule has 0 saturated heterocycles. The number of fused-ring (bicyclic) bond motifs is 13. The first-order valence-electron chi connectivity index (χ1n) is 28.0. The van der Waals surface area contributed by atoms with Gasteiger partial charge in [-0.05, 0) is 162 Å². The minimum absolute atomic E-state index is 0.0629. The number of benzene rings is 12. The lowest BCUT2D eigenvalue weighted by atomic mass is 9.76. The maximum atomic E-state index is 2.49. The molecule has 2 aromatic heterocycles. The topological polar surface area (TPSA) is 9.86 Å². The summed E-state index contributed by atoms with van der Waals surface area (Å²) in [7, 11) is 0. The fourth-order valence-electron chi connectivity index (χ4n) is 13.7. The van der Waals surface area contributed by atoms with Crippen LogP contribution in [0, 0.1) is 0 Å². The molecule has 0 unspecified atom stereocenters. The van der Waals surface area contributed by atoms with Crippen LogP contribution < -0.4 is 0 Å². The number of hydrogen-bond acceptors (Lipinski definition) is 0. The van der Waals surface area contributed by atoms with Crippen molar-refractivity contribution in [1.82, 2.24) is 9.13 Å². The third-order valence-corrected chi connectivity index (χ3v) is 17.6. The number of nitrogens with zero attached hydrogens (tertiary/aromatic N) is 2. The summed E-state index contributed by atoms with van der Waals surface area (Å²) in [6.07, 6.45) is 14.1. The zero-order valence-electron chi connectivity index (χ0n) is 43.8. The van der Waals surface area contributed by atoms with Crippen LogP contribution in [0.5, 0.6) is 0 Å². The third kappa shape index (κ3) is 7.54. The Morgan fingerprint density at radius 1 is 0.278 bits per heavy atom. The van der Waals surface area contributed by atoms with E-state index in [0.29, 0.717) is 0 Å². The van der Waals surface area contributed by atoms with Crippen molar-refractivity contribution in [3.63, 3.8) is 0 Å². The van der Waals surface area contributed by atoms with E-state index in [1.54, 1.807) is 0 Å². The molecule has 14 aromatic rings. The van der Waals surface area contributed by atoms with Gasteiger partial charge in [0.25, 0.3) is 0 Å². The van der Waals surface area contributed by atoms with Crippen LogP contribution in [0.3, 0.4) is 0 Å². The maximum Gasteiger partial charge on any atom is 0.0541 e. The number of rotatable bonds is 8. The van der Waals surface area contributed by atoms with Crippen LogP contribution in [0.1, 0.15) is 59.1 Å². The Morgan fingerprint density at radius 3 is 1.13 bits per heavy atom. The molecule has 0 bridgehead atoms. The molecule has 1 spiro atoms. The number of para-hydroxylation sites is 2. The van der Waals surface area contributed by atoms with Crippen LogP contribution in [-0.4, -0.2) is 9.13 Å². The summed E-state index contributed by atoms with van der Waals surface area (Å²) in [6.45, 7) is 0. The molecule has 0 amide bonds. The van der Waals surface area contributed by atoms with E-state index in [-0.39, 0.29) is 5.41 Å². The van der Waals surface area contributed by atoms with Gasteiger partial charge in [0.15, 0.2) is 0 Å². The summed E-state index contributed by atoms with van der Waals surface area (Å²) in [5.41, 5.74) is 22.9. The third-order valence-electron chi connectivity index (χ3n) is 17.6. The van der Waals surface area contributed by atoms with E-state index in [2.05, 4.69) is 288 Å². The van der Waals surface area contributed by atoms with Crippen molar-refractivity contribution < 1.29 is 0 Å². The summed E-state index contributed by atoms with van der Waals surface area (Å²) in [4.78, 5) is 0. The van der Waals surface area contributed by atoms with Gasteiger partial charge in [-0.15, -0.1) is 0 Å². The quantitative estimate of drug-likeness (QED) is 0.134. The highest BCUT2D eigenvalue weighted by Gasteiger charge is 2.45. The monoisotopic (exact) mass is 1010 g/mol. The average Bonchev–Trinajstić information content (AvgIpc) is 4.48. The van der Waals surface area contributed by atoms with E-state index in [0.717, 1.165) is 0 Å². The number of hydrogen-bond donors (Lipinski definition) is 0. The highest BCUT2D eigenvalue weighted by atomic mass is 15.0. The second kappa shape index (κ2) is 18.2. The first-order chi connectivity index (χ1) is 39.1. The summed E-state index contributed by atoms with van der Waals surface area (Å²) in [6, 6.07) is 94.7. The van der Waals surface area contributed by atoms with Crippen LogP contribution in [-0.2, 0) is 5.41 Å². The van der Waals surface area contributed by atoms with E-state index in [1.165, 1.54) is 169 Å². The first-order valence-corrected chi connectivity index (χ1v) is 28.0. The molecule has 12 aromatic carbocycles. The van der Waals surface area contributed by atoms with Crippen molar-refractivity contribution in [3.8, 4) is 44.8 Å². The Kier molecular flexibility index (Phi) is 10.5. The van der Waals surface area contributed by atoms with Gasteiger partial charge in [0, 0.05) is 38.3 Å². The molecular formula is C77H54N2. The highest BCUT2D eigenvalue weighted by Crippen LogP contribution is 2.57. The molecule has 0 aliphatic heterocycles. The molecule has 0 atom stereocenters. The molecule has 16 rings (SSSR count). The van der Waals surface area contributed by atoms with E-state index in [1.807, 2.05) is 0 Å². The van der Waals surface area contributed by atoms with Gasteiger partial charge in [0.2, 0.25) is 0 Å². The minimum Gasteiger partial charge on any atom is -0.309 e. The molecule has 0 radical (unpaired) electrons. The molecule has 2 aliphatic carbocycles. The molecule has 2 heteroatoms. The fraction of sp³-hybridized carbons (Fsp3) is 0.0649. The Bertz CT molecular complexity index is 4520. The van der Waals surface area contributed by atoms with Crippen molar-refractivity contribution in [2.24, 2.45) is 0 Å². The molecule has 1 saturated carbocycles. The minimum atomic E-state index is 0.0629. The smallest absolute Gasteiger partial charge is 0.0541 e. The van der Waals surface area contributed by atoms with Crippen molar-refractivity contribution in [1.29, 1.82) is 0 Å². The van der Waals surface area contributed by atoms with E-state index >= 15 is 0 Å². The Balaban J connectivity index is 0.636. The lowest BCUT2D eigenvalue weighted by Gasteiger charge is -2.27. The largest absolute Gasteiger partial charge is 0.309 e. The first kappa shape index (κ1) is 45.4. The van der Waals surface area contributed by atoms with Crippen molar-refractivity contribution in [3.05, 3.63) is 288 Å². The predicted molar refractivity (Wildman–Crippen MR) is 336 cm³/mol. The Labute approximate surface area is 460 Å². The molecule has 1 fully saturated rings. The van der Waals surface area contributed by atoms with Crippen molar-refractivity contribution in [2.45, 2.75) is 31.1 Å². The zero-order chi connectivity index (χ0) is 52.0. The molecular weight excluding hydrogens is 953 g/mol. The van der Waals surface area contributed by atoms with Crippen LogP contribution in [0.2, 0.25) is 0 Å². The lowest BCUT2D eigenvalue weighted by molar-refractivity contribution is 0.550. The standard InChI is InChI=1S/C77H54N2/c1-3-13-59-47-63(37-33-55(59)11-1)78-73-17-7-5-15-67(73)69-49-61(35-41-75(69)78)57-29-23-51(24-30-57)19-21-53-27-39-65-66-40-28-54(46-72(66)77(71(65)45-53)43-9-10-44-77)22-20-52-25-31-58(32-26-52)62-36-42-76-70(50-62)68-16-6-8-18-74(68)79(76)64-38-34-56-12-2-4-14-60(56)48-64/h1-8,11-42,45-50H,9-10,43-44H2. The van der Waals surface area contributed by atoms with E-state index in [4.69, 9.17) is 0 Å². The van der Waals surface area contributed by atoms with Crippen LogP contribution in [0.25, 0.3) is 134 Å². The normalized spacial score (nSPS) is 13.9. The molecule has 2 aliphatic rings. The van der Waals surface area contributed by atoms with Gasteiger partial charge in [-0.3, -0.25) is 0 Å². The predicted octanol–water partition coefficient (Wildman–Crippen LogP) is 20.7. The molecule has 0 N–H and O–H groups in total. The van der Waals surface area contributed by atoms with Crippen LogP contribution in [0.4, 0.5) is 0 Å².